The molecule has 0 saturated carbocycles. The van der Waals surface area contributed by atoms with Gasteiger partial charge in [0.05, 0.1) is 12.3 Å². The topological polar surface area (TPSA) is 65.2 Å². The molecule has 4 N–H and O–H groups in total. The number of nitrogens with two attached hydrogens (primary N) is 2. The average molecular weight is 186 g/mol. The van der Waals surface area contributed by atoms with Crippen LogP contribution in [-0.2, 0) is 12.3 Å². The van der Waals surface area contributed by atoms with E-state index in [4.69, 9.17) is 15.9 Å². The molecule has 0 atom stereocenters. The van der Waals surface area contributed by atoms with E-state index < -0.39 is 0 Å². The van der Waals surface area contributed by atoms with Gasteiger partial charge in [-0.1, -0.05) is 0 Å². The van der Waals surface area contributed by atoms with E-state index in [1.807, 2.05) is 12.1 Å². The van der Waals surface area contributed by atoms with E-state index in [-0.39, 0.29) is 0 Å². The third-order valence-electron chi connectivity index (χ3n) is 1.43. The zero-order valence-electron chi connectivity index (χ0n) is 6.95. The molecule has 1 heterocycles. The largest absolute Gasteiger partial charge is 0.464 e. The van der Waals surface area contributed by atoms with Crippen molar-refractivity contribution in [2.24, 2.45) is 11.5 Å². The second-order valence-electron chi connectivity index (χ2n) is 2.41. The van der Waals surface area contributed by atoms with Crippen molar-refractivity contribution in [3.05, 3.63) is 23.7 Å². The Kier molecular flexibility index (Phi) is 4.21. The molecule has 0 saturated heterocycles. The quantitative estimate of drug-likeness (QED) is 0.671. The molecule has 0 bridgehead atoms. The number of thioether (sulfide) groups is 1. The maximum absolute atomic E-state index is 5.40. The third kappa shape index (κ3) is 2.89. The van der Waals surface area contributed by atoms with Gasteiger partial charge in [-0.05, 0) is 12.1 Å². The molecular formula is C8H14N2OS. The maximum atomic E-state index is 5.40. The Morgan fingerprint density at radius 1 is 1.25 bits per heavy atom. The lowest BCUT2D eigenvalue weighted by molar-refractivity contribution is 0.482. The third-order valence-corrected chi connectivity index (χ3v) is 2.44. The molecule has 0 aliphatic carbocycles. The van der Waals surface area contributed by atoms with Crippen LogP contribution in [0.3, 0.4) is 0 Å². The van der Waals surface area contributed by atoms with Crippen molar-refractivity contribution >= 4 is 11.8 Å². The highest BCUT2D eigenvalue weighted by molar-refractivity contribution is 7.98. The van der Waals surface area contributed by atoms with Gasteiger partial charge in [0, 0.05) is 12.3 Å². The van der Waals surface area contributed by atoms with E-state index in [0.29, 0.717) is 6.54 Å². The molecule has 1 aromatic heterocycles. The van der Waals surface area contributed by atoms with Gasteiger partial charge in [-0.15, -0.1) is 0 Å². The van der Waals surface area contributed by atoms with Crippen molar-refractivity contribution in [2.45, 2.75) is 12.3 Å². The fourth-order valence-electron chi connectivity index (χ4n) is 0.866. The molecule has 0 aliphatic heterocycles. The van der Waals surface area contributed by atoms with E-state index in [0.717, 1.165) is 29.6 Å². The van der Waals surface area contributed by atoms with Crippen LogP contribution in [0.2, 0.25) is 0 Å². The van der Waals surface area contributed by atoms with Gasteiger partial charge in [0.2, 0.25) is 0 Å². The Morgan fingerprint density at radius 2 is 2.00 bits per heavy atom. The summed E-state index contributed by atoms with van der Waals surface area (Å²) in [5.41, 5.74) is 10.8. The van der Waals surface area contributed by atoms with Crippen LogP contribution in [0.15, 0.2) is 16.5 Å². The van der Waals surface area contributed by atoms with Gasteiger partial charge in [0.15, 0.2) is 0 Å². The summed E-state index contributed by atoms with van der Waals surface area (Å²) in [4.78, 5) is 0. The predicted molar refractivity (Wildman–Crippen MR) is 51.8 cm³/mol. The van der Waals surface area contributed by atoms with Crippen molar-refractivity contribution in [2.75, 3.05) is 12.3 Å². The highest BCUT2D eigenvalue weighted by Crippen LogP contribution is 2.14. The Bertz CT molecular complexity index is 225. The molecule has 12 heavy (non-hydrogen) atoms. The van der Waals surface area contributed by atoms with E-state index in [2.05, 4.69) is 0 Å². The molecule has 0 aliphatic rings. The van der Waals surface area contributed by atoms with Crippen LogP contribution in [0.5, 0.6) is 0 Å². The number of hydrogen-bond donors (Lipinski definition) is 2. The van der Waals surface area contributed by atoms with Crippen LogP contribution in [0.25, 0.3) is 0 Å². The summed E-state index contributed by atoms with van der Waals surface area (Å²) in [6, 6.07) is 3.88. The summed E-state index contributed by atoms with van der Waals surface area (Å²) in [5, 5.41) is 0. The first kappa shape index (κ1) is 9.64. The van der Waals surface area contributed by atoms with Crippen molar-refractivity contribution in [3.8, 4) is 0 Å². The Morgan fingerprint density at radius 3 is 2.58 bits per heavy atom. The highest BCUT2D eigenvalue weighted by Gasteiger charge is 1.99. The van der Waals surface area contributed by atoms with Crippen LogP contribution in [0.4, 0.5) is 0 Å². The van der Waals surface area contributed by atoms with Crippen molar-refractivity contribution < 1.29 is 4.42 Å². The smallest absolute Gasteiger partial charge is 0.117 e. The summed E-state index contributed by atoms with van der Waals surface area (Å²) in [7, 11) is 0. The van der Waals surface area contributed by atoms with E-state index in [9.17, 15) is 0 Å². The van der Waals surface area contributed by atoms with Gasteiger partial charge in [-0.2, -0.15) is 11.8 Å². The van der Waals surface area contributed by atoms with E-state index in [1.54, 1.807) is 11.8 Å². The van der Waals surface area contributed by atoms with Crippen molar-refractivity contribution in [3.63, 3.8) is 0 Å². The molecule has 0 spiro atoms. The second kappa shape index (κ2) is 5.24. The predicted octanol–water partition coefficient (Wildman–Crippen LogP) is 0.930. The minimum absolute atomic E-state index is 0.474. The molecule has 1 rings (SSSR count). The van der Waals surface area contributed by atoms with Gasteiger partial charge in [-0.25, -0.2) is 0 Å². The first-order valence-electron chi connectivity index (χ1n) is 3.92. The fourth-order valence-corrected chi connectivity index (χ4v) is 1.53. The Labute approximate surface area is 76.5 Å². The van der Waals surface area contributed by atoms with Gasteiger partial charge in [0.25, 0.3) is 0 Å². The summed E-state index contributed by atoms with van der Waals surface area (Å²) < 4.78 is 5.39. The van der Waals surface area contributed by atoms with E-state index >= 15 is 0 Å². The van der Waals surface area contributed by atoms with Gasteiger partial charge in [-0.3, -0.25) is 0 Å². The van der Waals surface area contributed by atoms with Gasteiger partial charge < -0.3 is 15.9 Å². The summed E-state index contributed by atoms with van der Waals surface area (Å²) in [6.45, 7) is 1.19. The molecular weight excluding hydrogens is 172 g/mol. The van der Waals surface area contributed by atoms with Crippen LogP contribution >= 0.6 is 11.8 Å². The molecule has 1 aromatic rings. The SMILES string of the molecule is NCCSCc1ccc(CN)o1. The lowest BCUT2D eigenvalue weighted by Crippen LogP contribution is -2.01. The molecule has 0 fully saturated rings. The Hall–Kier alpha value is -0.450. The van der Waals surface area contributed by atoms with Crippen LogP contribution in [-0.4, -0.2) is 12.3 Å². The molecule has 0 amide bonds. The number of rotatable bonds is 5. The summed E-state index contributed by atoms with van der Waals surface area (Å²) >= 11 is 1.77. The maximum Gasteiger partial charge on any atom is 0.117 e. The minimum Gasteiger partial charge on any atom is -0.464 e. The number of furan rings is 1. The lowest BCUT2D eigenvalue weighted by Gasteiger charge is -1.95. The first-order chi connectivity index (χ1) is 5.86. The molecule has 0 unspecified atom stereocenters. The second-order valence-corrected chi connectivity index (χ2v) is 3.52. The minimum atomic E-state index is 0.474. The lowest BCUT2D eigenvalue weighted by atomic mass is 10.4. The molecule has 0 radical (unpaired) electrons. The first-order valence-corrected chi connectivity index (χ1v) is 5.07. The summed E-state index contributed by atoms with van der Waals surface area (Å²) in [6.07, 6.45) is 0. The van der Waals surface area contributed by atoms with Crippen LogP contribution in [0, 0.1) is 0 Å². The summed E-state index contributed by atoms with van der Waals surface area (Å²) in [5.74, 6) is 3.68. The normalized spacial score (nSPS) is 10.5. The van der Waals surface area contributed by atoms with Crippen LogP contribution < -0.4 is 11.5 Å². The molecule has 68 valence electrons. The Balaban J connectivity index is 2.31. The standard InChI is InChI=1S/C8H14N2OS/c9-3-4-12-6-8-2-1-7(5-10)11-8/h1-2H,3-6,9-10H2. The van der Waals surface area contributed by atoms with Crippen molar-refractivity contribution in [1.82, 2.24) is 0 Å². The fraction of sp³-hybridized carbons (Fsp3) is 0.500. The van der Waals surface area contributed by atoms with Crippen LogP contribution in [0.1, 0.15) is 11.5 Å². The zero-order valence-corrected chi connectivity index (χ0v) is 7.77. The van der Waals surface area contributed by atoms with E-state index in [1.165, 1.54) is 0 Å². The average Bonchev–Trinajstić information content (AvgIpc) is 2.53. The van der Waals surface area contributed by atoms with Gasteiger partial charge in [0.1, 0.15) is 11.5 Å². The van der Waals surface area contributed by atoms with Gasteiger partial charge >= 0.3 is 0 Å². The highest BCUT2D eigenvalue weighted by atomic mass is 32.2. The molecule has 4 heteroatoms. The molecule has 3 nitrogen and oxygen atoms in total. The number of hydrogen-bond acceptors (Lipinski definition) is 4. The molecule has 0 aromatic carbocycles. The zero-order chi connectivity index (χ0) is 8.81. The van der Waals surface area contributed by atoms with Crippen molar-refractivity contribution in [1.29, 1.82) is 0 Å². The monoisotopic (exact) mass is 186 g/mol.